The molecule has 4 rings (SSSR count). The number of carbonyl (C=O) groups is 1. The predicted molar refractivity (Wildman–Crippen MR) is 125 cm³/mol. The first-order valence-corrected chi connectivity index (χ1v) is 10.8. The van der Waals surface area contributed by atoms with E-state index in [1.165, 1.54) is 15.8 Å². The van der Waals surface area contributed by atoms with Gasteiger partial charge in [0.15, 0.2) is 5.52 Å². The largest absolute Gasteiger partial charge is 0.361 e. The van der Waals surface area contributed by atoms with Crippen molar-refractivity contribution in [3.63, 3.8) is 0 Å². The van der Waals surface area contributed by atoms with Gasteiger partial charge in [0.25, 0.3) is 11.5 Å². The molecule has 33 heavy (non-hydrogen) atoms. The Morgan fingerprint density at radius 2 is 2.06 bits per heavy atom. The standard InChI is InChI=1S/C21H21Cl2N7O3/c1-11-17(12(2)33-28-11)20(32)29(3)6-7-30-18-16(10-25-30)26-21(27-19(18)31)24-9-13-4-5-14(22)15(23)8-13/h4-5,8,10H,6-7,9H2,1-3H3,(H2,24,26,27,31). The minimum absolute atomic E-state index is 0.205. The zero-order valence-corrected chi connectivity index (χ0v) is 19.7. The number of aryl methyl sites for hydroxylation is 2. The van der Waals surface area contributed by atoms with E-state index in [0.717, 1.165) is 5.56 Å². The lowest BCUT2D eigenvalue weighted by Gasteiger charge is -2.17. The number of aromatic nitrogens is 5. The van der Waals surface area contributed by atoms with Gasteiger partial charge in [-0.3, -0.25) is 19.3 Å². The molecule has 0 bridgehead atoms. The number of hydrogen-bond acceptors (Lipinski definition) is 7. The van der Waals surface area contributed by atoms with Gasteiger partial charge in [-0.1, -0.05) is 34.4 Å². The summed E-state index contributed by atoms with van der Waals surface area (Å²) in [7, 11) is 1.67. The number of aromatic amines is 1. The maximum absolute atomic E-state index is 12.7. The molecule has 0 aliphatic rings. The molecular weight excluding hydrogens is 469 g/mol. The summed E-state index contributed by atoms with van der Waals surface area (Å²) in [4.78, 5) is 34.1. The highest BCUT2D eigenvalue weighted by atomic mass is 35.5. The van der Waals surface area contributed by atoms with Gasteiger partial charge in [0.05, 0.1) is 28.5 Å². The van der Waals surface area contributed by atoms with Crippen molar-refractivity contribution in [3.8, 4) is 0 Å². The van der Waals surface area contributed by atoms with Crippen molar-refractivity contribution in [2.24, 2.45) is 0 Å². The Morgan fingerprint density at radius 1 is 1.27 bits per heavy atom. The van der Waals surface area contributed by atoms with Crippen LogP contribution in [0.4, 0.5) is 5.95 Å². The van der Waals surface area contributed by atoms with E-state index in [0.29, 0.717) is 63.7 Å². The molecule has 0 saturated carbocycles. The van der Waals surface area contributed by atoms with Crippen LogP contribution in [0.3, 0.4) is 0 Å². The number of H-pyrrole nitrogens is 1. The van der Waals surface area contributed by atoms with Crippen molar-refractivity contribution in [3.05, 3.63) is 67.4 Å². The summed E-state index contributed by atoms with van der Waals surface area (Å²) in [5, 5.41) is 12.1. The number of anilines is 1. The SMILES string of the molecule is Cc1noc(C)c1C(=O)N(C)CCn1ncc2nc(NCc3ccc(Cl)c(Cl)c3)[nH]c(=O)c21. The molecule has 0 saturated heterocycles. The van der Waals surface area contributed by atoms with Gasteiger partial charge in [0.2, 0.25) is 5.95 Å². The molecule has 0 unspecified atom stereocenters. The highest BCUT2D eigenvalue weighted by molar-refractivity contribution is 6.42. The second-order valence-corrected chi connectivity index (χ2v) is 8.36. The Balaban J connectivity index is 1.46. The first kappa shape index (κ1) is 22.8. The zero-order chi connectivity index (χ0) is 23.7. The highest BCUT2D eigenvalue weighted by Crippen LogP contribution is 2.23. The van der Waals surface area contributed by atoms with E-state index >= 15 is 0 Å². The van der Waals surface area contributed by atoms with E-state index in [2.05, 4.69) is 25.5 Å². The average Bonchev–Trinajstić information content (AvgIpc) is 3.35. The first-order valence-electron chi connectivity index (χ1n) is 10.1. The highest BCUT2D eigenvalue weighted by Gasteiger charge is 2.21. The molecule has 10 nitrogen and oxygen atoms in total. The number of benzene rings is 1. The molecule has 2 N–H and O–H groups in total. The minimum atomic E-state index is -0.339. The lowest BCUT2D eigenvalue weighted by molar-refractivity contribution is 0.0787. The topological polar surface area (TPSA) is 122 Å². The number of halogens is 2. The lowest BCUT2D eigenvalue weighted by atomic mass is 10.2. The molecule has 3 aromatic heterocycles. The van der Waals surface area contributed by atoms with Gasteiger partial charge < -0.3 is 14.7 Å². The maximum atomic E-state index is 12.7. The number of nitrogens with zero attached hydrogens (tertiary/aromatic N) is 5. The van der Waals surface area contributed by atoms with Crippen LogP contribution in [0, 0.1) is 13.8 Å². The van der Waals surface area contributed by atoms with Gasteiger partial charge in [-0.25, -0.2) is 4.98 Å². The third-order valence-corrected chi connectivity index (χ3v) is 5.92. The smallest absolute Gasteiger partial charge is 0.278 e. The molecule has 0 radical (unpaired) electrons. The summed E-state index contributed by atoms with van der Waals surface area (Å²) in [5.41, 5.74) is 2.29. The molecule has 0 aliphatic heterocycles. The van der Waals surface area contributed by atoms with Crippen LogP contribution < -0.4 is 10.9 Å². The van der Waals surface area contributed by atoms with E-state index in [1.807, 2.05) is 6.07 Å². The third-order valence-electron chi connectivity index (χ3n) is 5.18. The van der Waals surface area contributed by atoms with Gasteiger partial charge in [0, 0.05) is 20.1 Å². The number of carbonyl (C=O) groups excluding carboxylic acids is 1. The second-order valence-electron chi connectivity index (χ2n) is 7.54. The van der Waals surface area contributed by atoms with E-state index < -0.39 is 0 Å². The summed E-state index contributed by atoms with van der Waals surface area (Å²) in [5.74, 6) is 0.572. The summed E-state index contributed by atoms with van der Waals surface area (Å²) in [6.45, 7) is 4.46. The van der Waals surface area contributed by atoms with Crippen molar-refractivity contribution in [2.75, 3.05) is 18.9 Å². The fourth-order valence-electron chi connectivity index (χ4n) is 3.42. The zero-order valence-electron chi connectivity index (χ0n) is 18.1. The van der Waals surface area contributed by atoms with Crippen LogP contribution >= 0.6 is 23.2 Å². The van der Waals surface area contributed by atoms with Crippen molar-refractivity contribution in [1.29, 1.82) is 0 Å². The molecule has 172 valence electrons. The Bertz CT molecular complexity index is 1370. The van der Waals surface area contributed by atoms with Gasteiger partial charge in [-0.2, -0.15) is 5.10 Å². The number of hydrogen-bond donors (Lipinski definition) is 2. The Morgan fingerprint density at radius 3 is 2.76 bits per heavy atom. The Hall–Kier alpha value is -3.37. The fourth-order valence-corrected chi connectivity index (χ4v) is 3.74. The van der Waals surface area contributed by atoms with E-state index in [-0.39, 0.29) is 11.5 Å². The average molecular weight is 490 g/mol. The van der Waals surface area contributed by atoms with Crippen molar-refractivity contribution in [2.45, 2.75) is 26.9 Å². The van der Waals surface area contributed by atoms with Crippen LogP contribution in [0.15, 0.2) is 33.7 Å². The van der Waals surface area contributed by atoms with Crippen molar-refractivity contribution < 1.29 is 9.32 Å². The van der Waals surface area contributed by atoms with Gasteiger partial charge in [0.1, 0.15) is 16.8 Å². The van der Waals surface area contributed by atoms with Crippen molar-refractivity contribution in [1.82, 2.24) is 29.8 Å². The summed E-state index contributed by atoms with van der Waals surface area (Å²) >= 11 is 12.0. The van der Waals surface area contributed by atoms with Gasteiger partial charge >= 0.3 is 0 Å². The third kappa shape index (κ3) is 4.71. The van der Waals surface area contributed by atoms with Crippen LogP contribution in [0.25, 0.3) is 11.0 Å². The summed E-state index contributed by atoms with van der Waals surface area (Å²) in [6, 6.07) is 5.28. The van der Waals surface area contributed by atoms with E-state index in [1.54, 1.807) is 33.0 Å². The van der Waals surface area contributed by atoms with Gasteiger partial charge in [-0.05, 0) is 31.5 Å². The predicted octanol–water partition coefficient (Wildman–Crippen LogP) is 3.42. The summed E-state index contributed by atoms with van der Waals surface area (Å²) in [6.07, 6.45) is 1.52. The summed E-state index contributed by atoms with van der Waals surface area (Å²) < 4.78 is 6.60. The number of rotatable bonds is 7. The van der Waals surface area contributed by atoms with Crippen LogP contribution in [-0.4, -0.2) is 49.3 Å². The quantitative estimate of drug-likeness (QED) is 0.407. The molecule has 1 amide bonds. The minimum Gasteiger partial charge on any atom is -0.361 e. The number of likely N-dealkylation sites (N-methyl/N-ethyl adjacent to an activating group) is 1. The molecule has 0 atom stereocenters. The molecule has 12 heteroatoms. The van der Waals surface area contributed by atoms with Crippen LogP contribution in [0.5, 0.6) is 0 Å². The Kier molecular flexibility index (Phi) is 6.39. The molecular formula is C21H21Cl2N7O3. The van der Waals surface area contributed by atoms with Gasteiger partial charge in [-0.15, -0.1) is 0 Å². The van der Waals surface area contributed by atoms with Crippen molar-refractivity contribution >= 4 is 46.1 Å². The van der Waals surface area contributed by atoms with E-state index in [9.17, 15) is 9.59 Å². The van der Waals surface area contributed by atoms with Crippen LogP contribution in [0.1, 0.15) is 27.4 Å². The second kappa shape index (κ2) is 9.24. The molecule has 3 heterocycles. The van der Waals surface area contributed by atoms with Crippen LogP contribution in [-0.2, 0) is 13.1 Å². The maximum Gasteiger partial charge on any atom is 0.278 e. The normalized spacial score (nSPS) is 11.2. The number of fused-ring (bicyclic) bond motifs is 1. The monoisotopic (exact) mass is 489 g/mol. The fraction of sp³-hybridized carbons (Fsp3) is 0.286. The number of nitrogens with one attached hydrogen (secondary N) is 2. The first-order chi connectivity index (χ1) is 15.7. The molecule has 4 aromatic rings. The molecule has 1 aromatic carbocycles. The van der Waals surface area contributed by atoms with Crippen LogP contribution in [0.2, 0.25) is 10.0 Å². The molecule has 0 aliphatic carbocycles. The molecule has 0 fully saturated rings. The Labute approximate surface area is 198 Å². The number of amides is 1. The molecule has 0 spiro atoms. The van der Waals surface area contributed by atoms with E-state index in [4.69, 9.17) is 27.7 Å². The lowest BCUT2D eigenvalue weighted by Crippen LogP contribution is -2.31.